The molecule has 0 radical (unpaired) electrons. The first kappa shape index (κ1) is 12.9. The molecule has 0 aliphatic carbocycles. The summed E-state index contributed by atoms with van der Waals surface area (Å²) in [6.07, 6.45) is 2.10. The van der Waals surface area contributed by atoms with E-state index in [2.05, 4.69) is 4.90 Å². The van der Waals surface area contributed by atoms with Crippen molar-refractivity contribution in [3.05, 3.63) is 0 Å². The van der Waals surface area contributed by atoms with E-state index in [1.807, 2.05) is 0 Å². The Labute approximate surface area is 91.4 Å². The fraction of sp³-hybridized carbons (Fsp3) is 1.00. The van der Waals surface area contributed by atoms with Crippen molar-refractivity contribution < 1.29 is 8.42 Å². The molecule has 0 saturated carbocycles. The highest BCUT2D eigenvalue weighted by Crippen LogP contribution is 2.05. The summed E-state index contributed by atoms with van der Waals surface area (Å²) in [5.41, 5.74) is 5.40. The first-order chi connectivity index (χ1) is 7.04. The summed E-state index contributed by atoms with van der Waals surface area (Å²) in [7, 11) is -3.49. The molecule has 0 amide bonds. The number of nitrogens with two attached hydrogens (primary N) is 2. The third kappa shape index (κ3) is 4.43. The molecule has 15 heavy (non-hydrogen) atoms. The van der Waals surface area contributed by atoms with E-state index in [9.17, 15) is 8.42 Å². The Bertz CT molecular complexity index is 272. The van der Waals surface area contributed by atoms with Crippen molar-refractivity contribution in [2.75, 3.05) is 39.3 Å². The molecule has 4 N–H and O–H groups in total. The number of piperazine rings is 1. The normalized spacial score (nSPS) is 20.7. The lowest BCUT2D eigenvalue weighted by Gasteiger charge is -2.32. The Morgan fingerprint density at radius 3 is 2.13 bits per heavy atom. The van der Waals surface area contributed by atoms with Crippen LogP contribution in [0.3, 0.4) is 0 Å². The number of rotatable bonds is 5. The molecule has 1 heterocycles. The summed E-state index contributed by atoms with van der Waals surface area (Å²) in [4.78, 5) is 2.25. The lowest BCUT2D eigenvalue weighted by Crippen LogP contribution is -2.50. The van der Waals surface area contributed by atoms with Crippen LogP contribution in [-0.4, -0.2) is 56.9 Å². The van der Waals surface area contributed by atoms with Gasteiger partial charge in [-0.05, 0) is 25.9 Å². The van der Waals surface area contributed by atoms with Crippen molar-refractivity contribution in [1.82, 2.24) is 9.21 Å². The first-order valence-electron chi connectivity index (χ1n) is 5.24. The summed E-state index contributed by atoms with van der Waals surface area (Å²) >= 11 is 0. The van der Waals surface area contributed by atoms with E-state index >= 15 is 0 Å². The lowest BCUT2D eigenvalue weighted by molar-refractivity contribution is 0.186. The van der Waals surface area contributed by atoms with Crippen molar-refractivity contribution in [3.8, 4) is 0 Å². The van der Waals surface area contributed by atoms with Crippen LogP contribution in [0.4, 0.5) is 0 Å². The van der Waals surface area contributed by atoms with Gasteiger partial charge in [-0.2, -0.15) is 12.7 Å². The fourth-order valence-corrected chi connectivity index (χ4v) is 2.36. The second kappa shape index (κ2) is 5.76. The maximum absolute atomic E-state index is 11.0. The quantitative estimate of drug-likeness (QED) is 0.571. The fourth-order valence-electron chi connectivity index (χ4n) is 1.69. The van der Waals surface area contributed by atoms with Gasteiger partial charge in [0.1, 0.15) is 0 Å². The van der Waals surface area contributed by atoms with Gasteiger partial charge in [0, 0.05) is 26.2 Å². The molecule has 0 spiro atoms. The van der Waals surface area contributed by atoms with Gasteiger partial charge >= 0.3 is 0 Å². The molecular weight excluding hydrogens is 216 g/mol. The van der Waals surface area contributed by atoms with Crippen LogP contribution < -0.4 is 10.9 Å². The van der Waals surface area contributed by atoms with Crippen LogP contribution in [0.25, 0.3) is 0 Å². The minimum atomic E-state index is -3.49. The van der Waals surface area contributed by atoms with E-state index < -0.39 is 10.2 Å². The predicted molar refractivity (Wildman–Crippen MR) is 59.4 cm³/mol. The number of nitrogens with zero attached hydrogens (tertiary/aromatic N) is 2. The third-order valence-electron chi connectivity index (χ3n) is 2.62. The molecular formula is C8H20N4O2S. The topological polar surface area (TPSA) is 92.7 Å². The zero-order valence-electron chi connectivity index (χ0n) is 8.93. The van der Waals surface area contributed by atoms with Crippen LogP contribution >= 0.6 is 0 Å². The van der Waals surface area contributed by atoms with Crippen LogP contribution in [0.15, 0.2) is 0 Å². The van der Waals surface area contributed by atoms with E-state index in [1.54, 1.807) is 0 Å². The second-order valence-electron chi connectivity index (χ2n) is 3.78. The summed E-state index contributed by atoms with van der Waals surface area (Å²) < 4.78 is 23.4. The molecule has 0 unspecified atom stereocenters. The van der Waals surface area contributed by atoms with Crippen LogP contribution in [0.2, 0.25) is 0 Å². The van der Waals surface area contributed by atoms with Crippen LogP contribution in [0.1, 0.15) is 12.8 Å². The van der Waals surface area contributed by atoms with Gasteiger partial charge in [-0.25, -0.2) is 5.14 Å². The van der Waals surface area contributed by atoms with E-state index in [0.29, 0.717) is 13.1 Å². The largest absolute Gasteiger partial charge is 0.330 e. The van der Waals surface area contributed by atoms with Crippen molar-refractivity contribution in [2.24, 2.45) is 10.9 Å². The van der Waals surface area contributed by atoms with Gasteiger partial charge in [0.15, 0.2) is 0 Å². The number of hydrogen-bond acceptors (Lipinski definition) is 4. The molecule has 1 aliphatic heterocycles. The Hall–Kier alpha value is -0.210. The van der Waals surface area contributed by atoms with Crippen molar-refractivity contribution in [1.29, 1.82) is 0 Å². The molecule has 0 atom stereocenters. The maximum Gasteiger partial charge on any atom is 0.276 e. The minimum absolute atomic E-state index is 0.501. The summed E-state index contributed by atoms with van der Waals surface area (Å²) in [5, 5.41) is 5.04. The van der Waals surface area contributed by atoms with Gasteiger partial charge < -0.3 is 10.6 Å². The molecule has 0 aromatic heterocycles. The zero-order valence-corrected chi connectivity index (χ0v) is 9.75. The minimum Gasteiger partial charge on any atom is -0.330 e. The Morgan fingerprint density at radius 2 is 1.67 bits per heavy atom. The molecule has 1 saturated heterocycles. The molecule has 7 heteroatoms. The van der Waals surface area contributed by atoms with Gasteiger partial charge in [0.05, 0.1) is 0 Å². The first-order valence-corrected chi connectivity index (χ1v) is 6.74. The average Bonchev–Trinajstić information content (AvgIpc) is 2.18. The standard InChI is InChI=1S/C8H20N4O2S/c9-3-1-2-4-11-5-7-12(8-6-11)15(10,13)14/h1-9H2,(H2,10,13,14). The third-order valence-corrected chi connectivity index (χ3v) is 3.70. The average molecular weight is 236 g/mol. The summed E-state index contributed by atoms with van der Waals surface area (Å²) in [6, 6.07) is 0. The van der Waals surface area contributed by atoms with E-state index in [-0.39, 0.29) is 0 Å². The SMILES string of the molecule is NCCCCN1CCN(S(N)(=O)=O)CC1. The summed E-state index contributed by atoms with van der Waals surface area (Å²) in [5.74, 6) is 0. The molecule has 1 fully saturated rings. The molecule has 0 bridgehead atoms. The number of hydrogen-bond donors (Lipinski definition) is 2. The summed E-state index contributed by atoms with van der Waals surface area (Å²) in [6.45, 7) is 4.25. The second-order valence-corrected chi connectivity index (χ2v) is 5.33. The molecule has 0 aromatic carbocycles. The molecule has 1 aliphatic rings. The Kier molecular flexibility index (Phi) is 4.94. The molecule has 0 aromatic rings. The van der Waals surface area contributed by atoms with Crippen molar-refractivity contribution >= 4 is 10.2 Å². The van der Waals surface area contributed by atoms with Crippen molar-refractivity contribution in [2.45, 2.75) is 12.8 Å². The zero-order chi connectivity index (χ0) is 11.3. The van der Waals surface area contributed by atoms with E-state index in [4.69, 9.17) is 10.9 Å². The smallest absolute Gasteiger partial charge is 0.276 e. The Balaban J connectivity index is 2.24. The number of unbranched alkanes of at least 4 members (excludes halogenated alkanes) is 1. The molecule has 1 rings (SSSR count). The molecule has 90 valence electrons. The van der Waals surface area contributed by atoms with Gasteiger partial charge in [-0.3, -0.25) is 0 Å². The monoisotopic (exact) mass is 236 g/mol. The highest BCUT2D eigenvalue weighted by Gasteiger charge is 2.23. The maximum atomic E-state index is 11.0. The van der Waals surface area contributed by atoms with Crippen LogP contribution in [0.5, 0.6) is 0 Å². The van der Waals surface area contributed by atoms with Gasteiger partial charge in [0.25, 0.3) is 10.2 Å². The predicted octanol–water partition coefficient (Wildman–Crippen LogP) is -1.45. The van der Waals surface area contributed by atoms with E-state index in [0.717, 1.165) is 39.0 Å². The van der Waals surface area contributed by atoms with E-state index in [1.165, 1.54) is 4.31 Å². The van der Waals surface area contributed by atoms with Crippen LogP contribution in [0, 0.1) is 0 Å². The Morgan fingerprint density at radius 1 is 1.07 bits per heavy atom. The van der Waals surface area contributed by atoms with Crippen molar-refractivity contribution in [3.63, 3.8) is 0 Å². The van der Waals surface area contributed by atoms with Crippen LogP contribution in [-0.2, 0) is 10.2 Å². The highest BCUT2D eigenvalue weighted by atomic mass is 32.2. The molecule has 6 nitrogen and oxygen atoms in total. The van der Waals surface area contributed by atoms with Gasteiger partial charge in [-0.1, -0.05) is 0 Å². The van der Waals surface area contributed by atoms with Gasteiger partial charge in [0.2, 0.25) is 0 Å². The van der Waals surface area contributed by atoms with Gasteiger partial charge in [-0.15, -0.1) is 0 Å². The highest BCUT2D eigenvalue weighted by molar-refractivity contribution is 7.86. The lowest BCUT2D eigenvalue weighted by atomic mass is 10.2.